The van der Waals surface area contributed by atoms with Gasteiger partial charge in [0.05, 0.1) is 11.4 Å². The Morgan fingerprint density at radius 2 is 1.59 bits per heavy atom. The van der Waals surface area contributed by atoms with Crippen molar-refractivity contribution >= 4 is 17.3 Å². The number of nitrogens with two attached hydrogens (primary N) is 2. The zero-order valence-electron chi connectivity index (χ0n) is 17.4. The number of carbonyl (C=O) groups is 1. The largest absolute Gasteiger partial charge is 0.397 e. The first-order valence-corrected chi connectivity index (χ1v) is 10.7. The van der Waals surface area contributed by atoms with Crippen LogP contribution in [0.1, 0.15) is 83.1 Å². The van der Waals surface area contributed by atoms with E-state index in [0.29, 0.717) is 18.7 Å². The van der Waals surface area contributed by atoms with E-state index in [1.807, 2.05) is 25.1 Å². The van der Waals surface area contributed by atoms with Crippen molar-refractivity contribution in [3.8, 4) is 0 Å². The number of amides is 1. The van der Waals surface area contributed by atoms with Crippen LogP contribution in [0.5, 0.6) is 0 Å². The Morgan fingerprint density at radius 3 is 2.22 bits per heavy atom. The van der Waals surface area contributed by atoms with Crippen LogP contribution in [0.2, 0.25) is 0 Å². The van der Waals surface area contributed by atoms with E-state index in [2.05, 4.69) is 12.2 Å². The smallest absolute Gasteiger partial charge is 0.221 e. The molecule has 1 aromatic rings. The second kappa shape index (κ2) is 14.3. The maximum atomic E-state index is 12.0. The lowest BCUT2D eigenvalue weighted by Gasteiger charge is -2.20. The number of rotatable bonds is 15. The fourth-order valence-electron chi connectivity index (χ4n) is 3.17. The van der Waals surface area contributed by atoms with Crippen LogP contribution in [-0.4, -0.2) is 19.0 Å². The number of carbonyl (C=O) groups excluding carboxylic acids is 1. The number of benzene rings is 1. The quantitative estimate of drug-likeness (QED) is 0.179. The lowest BCUT2D eigenvalue weighted by molar-refractivity contribution is -0.120. The van der Waals surface area contributed by atoms with Crippen LogP contribution in [0, 0.1) is 6.92 Å². The monoisotopic (exact) mass is 376 g/mol. The van der Waals surface area contributed by atoms with Crippen molar-refractivity contribution in [1.82, 2.24) is 5.32 Å². The Bertz CT molecular complexity index is 533. The zero-order valence-corrected chi connectivity index (χ0v) is 17.4. The molecule has 27 heavy (non-hydrogen) atoms. The summed E-state index contributed by atoms with van der Waals surface area (Å²) in [5, 5.41) is 4.55. The minimum absolute atomic E-state index is 0.0487. The number of nitrogens with one attached hydrogen (secondary N) is 1. The van der Waals surface area contributed by atoms with Gasteiger partial charge in [0, 0.05) is 19.5 Å². The highest BCUT2D eigenvalue weighted by Gasteiger charge is 2.09. The summed E-state index contributed by atoms with van der Waals surface area (Å²) in [5.41, 5.74) is 8.46. The Balaban J connectivity index is 2.02. The molecule has 0 saturated carbocycles. The normalized spacial score (nSPS) is 10.8. The van der Waals surface area contributed by atoms with Crippen LogP contribution in [0.25, 0.3) is 0 Å². The first kappa shape index (κ1) is 23.3. The minimum Gasteiger partial charge on any atom is -0.397 e. The first-order valence-electron chi connectivity index (χ1n) is 10.7. The summed E-state index contributed by atoms with van der Waals surface area (Å²) >= 11 is 0. The molecule has 5 nitrogen and oxygen atoms in total. The highest BCUT2D eigenvalue weighted by atomic mass is 16.1. The number of anilines is 2. The second-order valence-electron chi connectivity index (χ2n) is 7.54. The van der Waals surface area contributed by atoms with Gasteiger partial charge in [0.1, 0.15) is 0 Å². The molecule has 0 atom stereocenters. The van der Waals surface area contributed by atoms with Gasteiger partial charge in [0.25, 0.3) is 0 Å². The third-order valence-corrected chi connectivity index (χ3v) is 4.93. The van der Waals surface area contributed by atoms with Crippen LogP contribution < -0.4 is 21.9 Å². The Kier molecular flexibility index (Phi) is 12.4. The maximum absolute atomic E-state index is 12.0. The fraction of sp³-hybridized carbons (Fsp3) is 0.682. The Hall–Kier alpha value is -1.75. The van der Waals surface area contributed by atoms with Crippen molar-refractivity contribution in [3.05, 3.63) is 23.8 Å². The van der Waals surface area contributed by atoms with Gasteiger partial charge in [-0.25, -0.2) is 5.84 Å². The lowest BCUT2D eigenvalue weighted by atomic mass is 10.1. The number of aryl methyl sites for hydroxylation is 1. The summed E-state index contributed by atoms with van der Waals surface area (Å²) in [5.74, 6) is 6.10. The molecular weight excluding hydrogens is 336 g/mol. The zero-order chi connectivity index (χ0) is 19.9. The van der Waals surface area contributed by atoms with Gasteiger partial charge in [-0.05, 0) is 31.0 Å². The summed E-state index contributed by atoms with van der Waals surface area (Å²) in [4.78, 5) is 12.0. The summed E-state index contributed by atoms with van der Waals surface area (Å²) in [6, 6.07) is 5.73. The number of hydrogen-bond acceptors (Lipinski definition) is 4. The lowest BCUT2D eigenvalue weighted by Crippen LogP contribution is -2.36. The van der Waals surface area contributed by atoms with Gasteiger partial charge in [0.15, 0.2) is 0 Å². The van der Waals surface area contributed by atoms with Gasteiger partial charge in [-0.2, -0.15) is 0 Å². The molecule has 5 N–H and O–H groups in total. The molecule has 0 saturated heterocycles. The molecule has 0 aromatic heterocycles. The topological polar surface area (TPSA) is 84.4 Å². The van der Waals surface area contributed by atoms with E-state index in [1.165, 1.54) is 57.8 Å². The molecule has 1 rings (SSSR count). The van der Waals surface area contributed by atoms with Crippen LogP contribution >= 0.6 is 0 Å². The highest BCUT2D eigenvalue weighted by molar-refractivity contribution is 5.77. The van der Waals surface area contributed by atoms with E-state index in [-0.39, 0.29) is 5.91 Å². The summed E-state index contributed by atoms with van der Waals surface area (Å²) < 4.78 is 0. The summed E-state index contributed by atoms with van der Waals surface area (Å²) in [6.07, 6.45) is 13.4. The fourth-order valence-corrected chi connectivity index (χ4v) is 3.17. The highest BCUT2D eigenvalue weighted by Crippen LogP contribution is 2.22. The van der Waals surface area contributed by atoms with Gasteiger partial charge in [0.2, 0.25) is 5.91 Å². The standard InChI is InChI=1S/C22H40N4O/c1-3-4-5-6-7-8-9-10-11-12-16-25-22(27)15-17-26(24)21-18-19(2)13-14-20(21)23/h13-14,18H,3-12,15-17,23-24H2,1-2H3,(H,25,27). The SMILES string of the molecule is CCCCCCCCCCCCNC(=O)CCN(N)c1cc(C)ccc1N. The molecular formula is C22H40N4O. The molecule has 5 heteroatoms. The Morgan fingerprint density at radius 1 is 1.00 bits per heavy atom. The van der Waals surface area contributed by atoms with Gasteiger partial charge in [-0.1, -0.05) is 70.8 Å². The maximum Gasteiger partial charge on any atom is 0.221 e. The predicted molar refractivity (Wildman–Crippen MR) is 117 cm³/mol. The van der Waals surface area contributed by atoms with Crippen LogP contribution in [0.4, 0.5) is 11.4 Å². The number of hydrogen-bond donors (Lipinski definition) is 3. The van der Waals surface area contributed by atoms with Crippen molar-refractivity contribution in [2.24, 2.45) is 5.84 Å². The Labute approximate surface area is 165 Å². The molecule has 0 spiro atoms. The summed E-state index contributed by atoms with van der Waals surface area (Å²) in [7, 11) is 0. The third kappa shape index (κ3) is 10.9. The van der Waals surface area contributed by atoms with E-state index in [1.54, 1.807) is 5.01 Å². The van der Waals surface area contributed by atoms with Crippen molar-refractivity contribution in [1.29, 1.82) is 0 Å². The van der Waals surface area contributed by atoms with Gasteiger partial charge in [-0.3, -0.25) is 4.79 Å². The van der Waals surface area contributed by atoms with E-state index >= 15 is 0 Å². The van der Waals surface area contributed by atoms with E-state index in [0.717, 1.165) is 24.2 Å². The summed E-state index contributed by atoms with van der Waals surface area (Å²) in [6.45, 7) is 5.46. The molecule has 0 aliphatic carbocycles. The molecule has 0 radical (unpaired) electrons. The van der Waals surface area contributed by atoms with E-state index < -0.39 is 0 Å². The van der Waals surface area contributed by atoms with Crippen molar-refractivity contribution in [2.75, 3.05) is 23.8 Å². The van der Waals surface area contributed by atoms with E-state index in [9.17, 15) is 4.79 Å². The van der Waals surface area contributed by atoms with Gasteiger partial charge < -0.3 is 16.1 Å². The molecule has 0 unspecified atom stereocenters. The molecule has 0 aliphatic rings. The molecule has 154 valence electrons. The number of unbranched alkanes of at least 4 members (excludes halogenated alkanes) is 9. The van der Waals surface area contributed by atoms with Gasteiger partial charge >= 0.3 is 0 Å². The molecule has 0 heterocycles. The third-order valence-electron chi connectivity index (χ3n) is 4.93. The average Bonchev–Trinajstić information content (AvgIpc) is 2.66. The first-order chi connectivity index (χ1) is 13.0. The molecule has 1 amide bonds. The molecule has 0 bridgehead atoms. The van der Waals surface area contributed by atoms with Crippen LogP contribution in [0.3, 0.4) is 0 Å². The van der Waals surface area contributed by atoms with Crippen LogP contribution in [-0.2, 0) is 4.79 Å². The minimum atomic E-state index is 0.0487. The average molecular weight is 377 g/mol. The molecule has 0 aliphatic heterocycles. The number of nitrogen functional groups attached to an aromatic ring is 1. The number of hydrazine groups is 1. The molecule has 0 fully saturated rings. The molecule has 1 aromatic carbocycles. The predicted octanol–water partition coefficient (Wildman–Crippen LogP) is 4.68. The van der Waals surface area contributed by atoms with Crippen molar-refractivity contribution in [3.63, 3.8) is 0 Å². The second-order valence-corrected chi connectivity index (χ2v) is 7.54. The van der Waals surface area contributed by atoms with Crippen molar-refractivity contribution < 1.29 is 4.79 Å². The van der Waals surface area contributed by atoms with Crippen LogP contribution in [0.15, 0.2) is 18.2 Å². The van der Waals surface area contributed by atoms with Crippen molar-refractivity contribution in [2.45, 2.75) is 84.5 Å². The number of nitrogens with zero attached hydrogens (tertiary/aromatic N) is 1. The van der Waals surface area contributed by atoms with E-state index in [4.69, 9.17) is 11.6 Å². The van der Waals surface area contributed by atoms with Gasteiger partial charge in [-0.15, -0.1) is 0 Å².